The van der Waals surface area contributed by atoms with E-state index in [4.69, 9.17) is 15.5 Å². The fraction of sp³-hybridized carbons (Fsp3) is 0.333. The number of hydrogen-bond acceptors (Lipinski definition) is 8. The molecule has 2 saturated heterocycles. The molecular formula is C45H50N10O4. The summed E-state index contributed by atoms with van der Waals surface area (Å²) in [7, 11) is 0. The van der Waals surface area contributed by atoms with Gasteiger partial charge in [0.2, 0.25) is 12.0 Å². The number of nitrogens with one attached hydrogen (secondary N) is 2. The van der Waals surface area contributed by atoms with Crippen molar-refractivity contribution in [1.82, 2.24) is 44.4 Å². The van der Waals surface area contributed by atoms with Crippen LogP contribution in [0, 0.1) is 0 Å². The van der Waals surface area contributed by atoms with E-state index >= 15 is 0 Å². The van der Waals surface area contributed by atoms with Crippen molar-refractivity contribution < 1.29 is 19.1 Å². The Kier molecular flexibility index (Phi) is 11.7. The number of likely N-dealkylation sites (N-methyl/N-ethyl adjacent to an activating group) is 1. The largest absolute Gasteiger partial charge is 0.434 e. The first-order valence-electron chi connectivity index (χ1n) is 20.5. The van der Waals surface area contributed by atoms with Crippen molar-refractivity contribution in [3.63, 3.8) is 0 Å². The van der Waals surface area contributed by atoms with E-state index in [-0.39, 0.29) is 36.5 Å². The molecule has 8 rings (SSSR count). The molecule has 0 bridgehead atoms. The second-order valence-electron chi connectivity index (χ2n) is 15.1. The molecule has 0 saturated carbocycles. The van der Waals surface area contributed by atoms with Crippen LogP contribution in [0.25, 0.3) is 33.6 Å². The van der Waals surface area contributed by atoms with Crippen LogP contribution in [0.4, 0.5) is 4.79 Å². The van der Waals surface area contributed by atoms with Crippen LogP contribution >= 0.6 is 0 Å². The Morgan fingerprint density at radius 3 is 1.76 bits per heavy atom. The maximum absolute atomic E-state index is 14.2. The Bertz CT molecular complexity index is 2340. The molecule has 2 aliphatic rings. The van der Waals surface area contributed by atoms with Gasteiger partial charge in [0.1, 0.15) is 17.7 Å². The second-order valence-corrected chi connectivity index (χ2v) is 15.1. The number of primary amides is 1. The number of nitrogens with zero attached hydrogens (tertiary/aromatic N) is 7. The monoisotopic (exact) mass is 794 g/mol. The Morgan fingerprint density at radius 2 is 1.27 bits per heavy atom. The van der Waals surface area contributed by atoms with E-state index in [1.54, 1.807) is 34.2 Å². The number of benzene rings is 3. The van der Waals surface area contributed by atoms with Gasteiger partial charge in [0.05, 0.1) is 42.4 Å². The third-order valence-corrected chi connectivity index (χ3v) is 11.6. The molecule has 3 aromatic heterocycles. The summed E-state index contributed by atoms with van der Waals surface area (Å²) in [6, 6.07) is 27.8. The van der Waals surface area contributed by atoms with Crippen molar-refractivity contribution in [1.29, 1.82) is 0 Å². The number of aromatic amines is 2. The number of nitrogens with two attached hydrogens (primary N) is 1. The van der Waals surface area contributed by atoms with E-state index in [1.165, 1.54) is 0 Å². The number of H-pyrrole nitrogens is 2. The summed E-state index contributed by atoms with van der Waals surface area (Å²) in [5.74, 6) is 1.28. The van der Waals surface area contributed by atoms with Crippen LogP contribution in [0.2, 0.25) is 0 Å². The summed E-state index contributed by atoms with van der Waals surface area (Å²) < 4.78 is 6.77. The number of hydrogen-bond donors (Lipinski definition) is 3. The summed E-state index contributed by atoms with van der Waals surface area (Å²) in [5, 5.41) is 4.15. The van der Waals surface area contributed by atoms with E-state index in [9.17, 15) is 14.4 Å². The van der Waals surface area contributed by atoms with Gasteiger partial charge >= 0.3 is 6.09 Å². The van der Waals surface area contributed by atoms with E-state index < -0.39 is 12.2 Å². The number of carbonyl (C=O) groups is 3. The first-order chi connectivity index (χ1) is 28.8. The lowest BCUT2D eigenvalue weighted by Gasteiger charge is -2.34. The lowest BCUT2D eigenvalue weighted by Crippen LogP contribution is -2.44. The molecule has 0 spiro atoms. The Hall–Kier alpha value is -6.54. The van der Waals surface area contributed by atoms with Crippen LogP contribution in [0.15, 0.2) is 110 Å². The molecule has 0 radical (unpaired) electrons. The lowest BCUT2D eigenvalue weighted by molar-refractivity contribution is -0.142. The standard InChI is InChI=1S/C45H50N10O4/c1-3-52(4-2)40(34-11-6-5-7-12-34)44(57)55-26-9-14-38(55)42-48-28-36(51-42)33-21-17-31(18-22-33)30-15-19-32(20-16-30)35-27-47-41(50-35)37-13-8-25-54(37)43(56)39(59-45(46)58)29-53-24-10-23-49-53/h5-7,10-12,15-24,27-28,37-40H,3-4,8-9,13-14,25-26,29H2,1-2H3,(H2,46,58)(H,47,50)(H,48,51)/t37-,38?,39-,40?/m0/s1. The molecule has 304 valence electrons. The van der Waals surface area contributed by atoms with Crippen LogP contribution in [-0.2, 0) is 20.9 Å². The molecular weight excluding hydrogens is 745 g/mol. The van der Waals surface area contributed by atoms with Crippen molar-refractivity contribution in [3.8, 4) is 33.6 Å². The number of likely N-dealkylation sites (tertiary alicyclic amines) is 2. The van der Waals surface area contributed by atoms with Crippen LogP contribution in [-0.4, -0.2) is 94.6 Å². The summed E-state index contributed by atoms with van der Waals surface area (Å²) in [5.41, 5.74) is 12.2. The minimum absolute atomic E-state index is 0.0664. The third kappa shape index (κ3) is 8.39. The highest BCUT2D eigenvalue weighted by atomic mass is 16.6. The highest BCUT2D eigenvalue weighted by Gasteiger charge is 2.39. The van der Waals surface area contributed by atoms with Gasteiger partial charge in [0, 0.05) is 25.5 Å². The highest BCUT2D eigenvalue weighted by molar-refractivity contribution is 5.85. The predicted octanol–water partition coefficient (Wildman–Crippen LogP) is 6.90. The molecule has 0 aliphatic carbocycles. The van der Waals surface area contributed by atoms with Crippen molar-refractivity contribution in [2.24, 2.45) is 5.73 Å². The number of carbonyl (C=O) groups excluding carboxylic acids is 3. The van der Waals surface area contributed by atoms with Gasteiger partial charge in [-0.3, -0.25) is 19.2 Å². The summed E-state index contributed by atoms with van der Waals surface area (Å²) in [6.45, 7) is 7.08. The number of ether oxygens (including phenoxy) is 1. The quantitative estimate of drug-likeness (QED) is 0.107. The van der Waals surface area contributed by atoms with Gasteiger partial charge < -0.3 is 30.2 Å². The zero-order chi connectivity index (χ0) is 40.9. The van der Waals surface area contributed by atoms with Crippen molar-refractivity contribution in [3.05, 3.63) is 127 Å². The topological polar surface area (TPSA) is 171 Å². The summed E-state index contributed by atoms with van der Waals surface area (Å²) in [4.78, 5) is 61.9. The first-order valence-corrected chi connectivity index (χ1v) is 20.5. The van der Waals surface area contributed by atoms with Crippen molar-refractivity contribution in [2.45, 2.75) is 70.3 Å². The number of rotatable bonds is 14. The highest BCUT2D eigenvalue weighted by Crippen LogP contribution is 2.37. The maximum atomic E-state index is 14.2. The SMILES string of the molecule is CCN(CC)C(C(=O)N1CCCC1c1ncc(-c2ccc(-c3ccc(-c4cnc([C@@H]5CCCN5C(=O)[C@H](Cn5cccn5)OC(N)=O)[nH]4)cc3)cc2)[nH]1)c1ccccc1. The molecule has 6 aromatic rings. The van der Waals surface area contributed by atoms with E-state index in [0.29, 0.717) is 18.9 Å². The van der Waals surface area contributed by atoms with Crippen molar-refractivity contribution >= 4 is 17.9 Å². The van der Waals surface area contributed by atoms with Crippen LogP contribution in [0.1, 0.15) is 74.9 Å². The van der Waals surface area contributed by atoms with Crippen molar-refractivity contribution in [2.75, 3.05) is 26.2 Å². The lowest BCUT2D eigenvalue weighted by atomic mass is 10.0. The van der Waals surface area contributed by atoms with Crippen LogP contribution < -0.4 is 5.73 Å². The smallest absolute Gasteiger partial charge is 0.405 e. The summed E-state index contributed by atoms with van der Waals surface area (Å²) in [6.07, 6.45) is 8.16. The molecule has 2 unspecified atom stereocenters. The molecule has 2 fully saturated rings. The van der Waals surface area contributed by atoms with Gasteiger partial charge in [0.15, 0.2) is 0 Å². The van der Waals surface area contributed by atoms with Gasteiger partial charge in [-0.2, -0.15) is 5.10 Å². The Labute approximate surface area is 343 Å². The fourth-order valence-corrected chi connectivity index (χ4v) is 8.58. The number of aromatic nitrogens is 6. The summed E-state index contributed by atoms with van der Waals surface area (Å²) >= 11 is 0. The molecule has 4 atom stereocenters. The average molecular weight is 795 g/mol. The van der Waals surface area contributed by atoms with Gasteiger partial charge in [-0.15, -0.1) is 0 Å². The van der Waals surface area contributed by atoms with Gasteiger partial charge in [-0.1, -0.05) is 92.7 Å². The minimum atomic E-state index is -1.10. The predicted molar refractivity (Wildman–Crippen MR) is 223 cm³/mol. The average Bonchev–Trinajstić information content (AvgIpc) is 4.12. The molecule has 4 N–H and O–H groups in total. The molecule has 14 nitrogen and oxygen atoms in total. The third-order valence-electron chi connectivity index (χ3n) is 11.6. The number of amides is 3. The molecule has 2 aliphatic heterocycles. The molecule has 5 heterocycles. The minimum Gasteiger partial charge on any atom is -0.434 e. The van der Waals surface area contributed by atoms with E-state index in [1.807, 2.05) is 29.3 Å². The molecule has 59 heavy (non-hydrogen) atoms. The molecule has 14 heteroatoms. The normalized spacial score (nSPS) is 17.7. The van der Waals surface area contributed by atoms with E-state index in [2.05, 4.69) is 99.5 Å². The van der Waals surface area contributed by atoms with Crippen LogP contribution in [0.5, 0.6) is 0 Å². The van der Waals surface area contributed by atoms with E-state index in [0.717, 1.165) is 83.8 Å². The molecule has 3 aromatic carbocycles. The zero-order valence-electron chi connectivity index (χ0n) is 33.4. The zero-order valence-corrected chi connectivity index (χ0v) is 33.4. The van der Waals surface area contributed by atoms with Gasteiger partial charge in [-0.25, -0.2) is 14.8 Å². The van der Waals surface area contributed by atoms with Gasteiger partial charge in [-0.05, 0) is 72.7 Å². The van der Waals surface area contributed by atoms with Crippen LogP contribution in [0.3, 0.4) is 0 Å². The second kappa shape index (κ2) is 17.5. The number of imidazole rings is 2. The molecule has 3 amide bonds. The first kappa shape index (κ1) is 39.3. The van der Waals surface area contributed by atoms with Gasteiger partial charge in [0.25, 0.3) is 5.91 Å². The fourth-order valence-electron chi connectivity index (χ4n) is 8.58. The Morgan fingerprint density at radius 1 is 0.746 bits per heavy atom. The maximum Gasteiger partial charge on any atom is 0.405 e. The Balaban J connectivity index is 0.924.